The highest BCUT2D eigenvalue weighted by molar-refractivity contribution is 5.73. The fraction of sp³-hybridized carbons (Fsp3) is 0.529. The van der Waals surface area contributed by atoms with Crippen LogP contribution < -0.4 is 15.4 Å². The number of unbranched alkanes of at least 4 members (excludes halogenated alkanes) is 2. The van der Waals surface area contributed by atoms with Gasteiger partial charge < -0.3 is 20.5 Å². The first-order valence-corrected chi connectivity index (χ1v) is 8.07. The van der Waals surface area contributed by atoms with Crippen molar-refractivity contribution in [2.24, 2.45) is 0 Å². The number of nitrogens with one attached hydrogen (secondary N) is 2. The van der Waals surface area contributed by atoms with Gasteiger partial charge >= 0.3 is 12.0 Å². The molecule has 0 aliphatic rings. The van der Waals surface area contributed by atoms with Gasteiger partial charge in [0.25, 0.3) is 0 Å². The van der Waals surface area contributed by atoms with Gasteiger partial charge in [0.15, 0.2) is 6.73 Å². The monoisotopic (exact) mass is 322 g/mol. The molecule has 128 valence electrons. The van der Waals surface area contributed by atoms with Crippen molar-refractivity contribution >= 4 is 12.0 Å². The predicted molar refractivity (Wildman–Crippen MR) is 88.6 cm³/mol. The summed E-state index contributed by atoms with van der Waals surface area (Å²) in [6.07, 6.45) is 4.52. The fourth-order valence-corrected chi connectivity index (χ4v) is 2.07. The van der Waals surface area contributed by atoms with Crippen molar-refractivity contribution in [3.63, 3.8) is 0 Å². The summed E-state index contributed by atoms with van der Waals surface area (Å²) in [6.45, 7) is 2.77. The molecule has 0 radical (unpaired) electrons. The number of carboxylic acids is 1. The van der Waals surface area contributed by atoms with E-state index in [0.717, 1.165) is 31.4 Å². The number of aliphatic carboxylic acids is 1. The lowest BCUT2D eigenvalue weighted by Crippen LogP contribution is -2.38. The maximum atomic E-state index is 11.5. The van der Waals surface area contributed by atoms with Crippen LogP contribution in [0.5, 0.6) is 5.75 Å². The average molecular weight is 322 g/mol. The highest BCUT2D eigenvalue weighted by Gasteiger charge is 2.01. The van der Waals surface area contributed by atoms with E-state index in [9.17, 15) is 9.59 Å². The van der Waals surface area contributed by atoms with Gasteiger partial charge in [-0.25, -0.2) is 4.79 Å². The van der Waals surface area contributed by atoms with Crippen LogP contribution in [-0.4, -0.2) is 30.4 Å². The third-order valence-corrected chi connectivity index (χ3v) is 3.29. The Bertz CT molecular complexity index is 474. The summed E-state index contributed by atoms with van der Waals surface area (Å²) < 4.78 is 5.44. The zero-order valence-electron chi connectivity index (χ0n) is 13.6. The van der Waals surface area contributed by atoms with E-state index in [-0.39, 0.29) is 19.2 Å². The molecular weight excluding hydrogens is 296 g/mol. The van der Waals surface area contributed by atoms with Crippen molar-refractivity contribution in [3.05, 3.63) is 29.8 Å². The Hall–Kier alpha value is -2.24. The zero-order valence-corrected chi connectivity index (χ0v) is 13.6. The first-order valence-electron chi connectivity index (χ1n) is 8.07. The minimum Gasteiger partial charge on any atom is -0.481 e. The Morgan fingerprint density at radius 2 is 1.83 bits per heavy atom. The molecule has 0 saturated heterocycles. The molecule has 0 atom stereocenters. The molecule has 1 aromatic rings. The number of carboxylic acid groups (broad SMARTS) is 1. The van der Waals surface area contributed by atoms with Crippen molar-refractivity contribution < 1.29 is 19.4 Å². The molecule has 0 spiro atoms. The van der Waals surface area contributed by atoms with Crippen LogP contribution >= 0.6 is 0 Å². The second-order valence-electron chi connectivity index (χ2n) is 5.32. The molecule has 6 heteroatoms. The quantitative estimate of drug-likeness (QED) is 0.432. The molecule has 2 amide bonds. The number of amides is 2. The summed E-state index contributed by atoms with van der Waals surface area (Å²) in [5.74, 6) is -0.0607. The number of benzene rings is 1. The van der Waals surface area contributed by atoms with Gasteiger partial charge in [-0.2, -0.15) is 0 Å². The lowest BCUT2D eigenvalue weighted by atomic mass is 10.1. The standard InChI is InChI=1S/C17H26N2O4/c1-2-6-14-8-10-15(11-9-14)23-13-19-17(22)18-12-5-3-4-7-16(20)21/h8-11H,2-7,12-13H2,1H3,(H,20,21)(H2,18,19,22). The van der Waals surface area contributed by atoms with E-state index in [2.05, 4.69) is 17.6 Å². The van der Waals surface area contributed by atoms with Gasteiger partial charge in [0.05, 0.1) is 0 Å². The van der Waals surface area contributed by atoms with Crippen molar-refractivity contribution in [1.29, 1.82) is 0 Å². The molecule has 0 heterocycles. The van der Waals surface area contributed by atoms with E-state index in [1.165, 1.54) is 5.56 Å². The molecule has 0 aromatic heterocycles. The highest BCUT2D eigenvalue weighted by atomic mass is 16.5. The summed E-state index contributed by atoms with van der Waals surface area (Å²) in [5, 5.41) is 13.8. The largest absolute Gasteiger partial charge is 0.481 e. The molecule has 0 aliphatic heterocycles. The third kappa shape index (κ3) is 9.39. The molecule has 6 nitrogen and oxygen atoms in total. The first-order chi connectivity index (χ1) is 11.1. The lowest BCUT2D eigenvalue weighted by Gasteiger charge is -2.09. The Balaban J connectivity index is 2.06. The summed E-state index contributed by atoms with van der Waals surface area (Å²) in [6, 6.07) is 7.55. The van der Waals surface area contributed by atoms with Gasteiger partial charge in [-0.1, -0.05) is 31.9 Å². The maximum absolute atomic E-state index is 11.5. The van der Waals surface area contributed by atoms with E-state index >= 15 is 0 Å². The normalized spacial score (nSPS) is 10.1. The molecule has 0 bridgehead atoms. The number of hydrogen-bond donors (Lipinski definition) is 3. The lowest BCUT2D eigenvalue weighted by molar-refractivity contribution is -0.137. The van der Waals surface area contributed by atoms with E-state index < -0.39 is 5.97 Å². The van der Waals surface area contributed by atoms with Crippen LogP contribution in [-0.2, 0) is 11.2 Å². The molecule has 0 fully saturated rings. The van der Waals surface area contributed by atoms with Gasteiger partial charge in [-0.15, -0.1) is 0 Å². The molecule has 1 rings (SSSR count). The number of hydrogen-bond acceptors (Lipinski definition) is 3. The molecule has 0 saturated carbocycles. The Morgan fingerprint density at radius 3 is 2.48 bits per heavy atom. The SMILES string of the molecule is CCCc1ccc(OCNC(=O)NCCCCCC(=O)O)cc1. The average Bonchev–Trinajstić information content (AvgIpc) is 2.52. The van der Waals surface area contributed by atoms with Crippen LogP contribution in [0.3, 0.4) is 0 Å². The highest BCUT2D eigenvalue weighted by Crippen LogP contribution is 2.12. The first kappa shape index (κ1) is 18.8. The van der Waals surface area contributed by atoms with Crippen LogP contribution in [0.1, 0.15) is 44.6 Å². The van der Waals surface area contributed by atoms with Crippen LogP contribution in [0, 0.1) is 0 Å². The second-order valence-corrected chi connectivity index (χ2v) is 5.32. The molecule has 23 heavy (non-hydrogen) atoms. The molecule has 0 aliphatic carbocycles. The summed E-state index contributed by atoms with van der Waals surface area (Å²) >= 11 is 0. The smallest absolute Gasteiger partial charge is 0.317 e. The van der Waals surface area contributed by atoms with Crippen LogP contribution in [0.25, 0.3) is 0 Å². The van der Waals surface area contributed by atoms with Gasteiger partial charge in [-0.05, 0) is 37.0 Å². The number of rotatable bonds is 11. The van der Waals surface area contributed by atoms with Crippen LogP contribution in [0.15, 0.2) is 24.3 Å². The van der Waals surface area contributed by atoms with Crippen molar-refractivity contribution in [2.45, 2.75) is 45.4 Å². The fourth-order valence-electron chi connectivity index (χ4n) is 2.07. The number of urea groups is 1. The topological polar surface area (TPSA) is 87.7 Å². The van der Waals surface area contributed by atoms with Crippen LogP contribution in [0.2, 0.25) is 0 Å². The second kappa shape index (κ2) is 11.3. The Morgan fingerprint density at radius 1 is 1.09 bits per heavy atom. The molecule has 3 N–H and O–H groups in total. The van der Waals surface area contributed by atoms with Gasteiger partial charge in [0.2, 0.25) is 0 Å². The van der Waals surface area contributed by atoms with Crippen LogP contribution in [0.4, 0.5) is 4.79 Å². The van der Waals surface area contributed by atoms with E-state index in [1.54, 1.807) is 0 Å². The maximum Gasteiger partial charge on any atom is 0.317 e. The molecular formula is C17H26N2O4. The van der Waals surface area contributed by atoms with Gasteiger partial charge in [0.1, 0.15) is 5.75 Å². The van der Waals surface area contributed by atoms with E-state index in [4.69, 9.17) is 9.84 Å². The summed E-state index contributed by atoms with van der Waals surface area (Å²) in [7, 11) is 0. The van der Waals surface area contributed by atoms with Crippen molar-refractivity contribution in [3.8, 4) is 5.75 Å². The Labute approximate surface area is 137 Å². The molecule has 0 unspecified atom stereocenters. The van der Waals surface area contributed by atoms with E-state index in [1.807, 2.05) is 24.3 Å². The predicted octanol–water partition coefficient (Wildman–Crippen LogP) is 2.92. The van der Waals surface area contributed by atoms with E-state index in [0.29, 0.717) is 13.0 Å². The zero-order chi connectivity index (χ0) is 16.9. The summed E-state index contributed by atoms with van der Waals surface area (Å²) in [5.41, 5.74) is 1.27. The Kier molecular flexibility index (Phi) is 9.28. The molecule has 1 aromatic carbocycles. The van der Waals surface area contributed by atoms with Gasteiger partial charge in [-0.3, -0.25) is 4.79 Å². The minimum absolute atomic E-state index is 0.109. The minimum atomic E-state index is -0.782. The number of carbonyl (C=O) groups excluding carboxylic acids is 1. The van der Waals surface area contributed by atoms with Gasteiger partial charge in [0, 0.05) is 13.0 Å². The number of aryl methyl sites for hydroxylation is 1. The van der Waals surface area contributed by atoms with Crippen molar-refractivity contribution in [2.75, 3.05) is 13.3 Å². The summed E-state index contributed by atoms with van der Waals surface area (Å²) in [4.78, 5) is 21.9. The number of ether oxygens (including phenoxy) is 1. The third-order valence-electron chi connectivity index (χ3n) is 3.29. The number of carbonyl (C=O) groups is 2. The van der Waals surface area contributed by atoms with Crippen molar-refractivity contribution in [1.82, 2.24) is 10.6 Å².